The van der Waals surface area contributed by atoms with Crippen LogP contribution in [0.2, 0.25) is 0 Å². The number of nitrogens with zero attached hydrogens (tertiary/aromatic N) is 2. The number of nitrogens with one attached hydrogen (secondary N) is 1. The molecule has 2 heterocycles. The van der Waals surface area contributed by atoms with Gasteiger partial charge in [-0.3, -0.25) is 0 Å². The van der Waals surface area contributed by atoms with Gasteiger partial charge in [0.05, 0.1) is 4.88 Å². The maximum absolute atomic E-state index is 4.52. The minimum absolute atomic E-state index is 0.816. The van der Waals surface area contributed by atoms with E-state index in [2.05, 4.69) is 41.3 Å². The van der Waals surface area contributed by atoms with Gasteiger partial charge in [-0.15, -0.1) is 11.3 Å². The minimum Gasteiger partial charge on any atom is -0.370 e. The summed E-state index contributed by atoms with van der Waals surface area (Å²) in [4.78, 5) is 11.4. The minimum atomic E-state index is 0.816. The molecule has 0 radical (unpaired) electrons. The van der Waals surface area contributed by atoms with Gasteiger partial charge in [0, 0.05) is 17.6 Å². The summed E-state index contributed by atoms with van der Waals surface area (Å²) in [5.74, 6) is 1.72. The number of hydrogen-bond donors (Lipinski definition) is 1. The highest BCUT2D eigenvalue weighted by molar-refractivity contribution is 7.15. The normalized spacial score (nSPS) is 10.5. The first-order chi connectivity index (χ1) is 8.33. The van der Waals surface area contributed by atoms with Crippen LogP contribution >= 0.6 is 11.3 Å². The molecule has 17 heavy (non-hydrogen) atoms. The standard InChI is InChI=1S/C13H17N3S/c1-3-8-14-12-7-9-15-13(16-12)11-6-5-10(4-2)17-11/h5-7,9H,3-4,8H2,1-2H3,(H,14,15,16). The Labute approximate surface area is 106 Å². The second-order valence-corrected chi connectivity index (χ2v) is 4.98. The van der Waals surface area contributed by atoms with Crippen molar-refractivity contribution in [3.05, 3.63) is 29.3 Å². The lowest BCUT2D eigenvalue weighted by Gasteiger charge is -2.04. The number of aryl methyl sites for hydroxylation is 1. The summed E-state index contributed by atoms with van der Waals surface area (Å²) in [6.07, 6.45) is 3.97. The van der Waals surface area contributed by atoms with E-state index < -0.39 is 0 Å². The number of rotatable bonds is 5. The molecule has 0 aliphatic heterocycles. The molecule has 1 N–H and O–H groups in total. The molecular formula is C13H17N3S. The lowest BCUT2D eigenvalue weighted by Crippen LogP contribution is -2.02. The molecule has 0 unspecified atom stereocenters. The maximum Gasteiger partial charge on any atom is 0.171 e. The average molecular weight is 247 g/mol. The molecule has 2 aromatic rings. The van der Waals surface area contributed by atoms with Gasteiger partial charge in [-0.1, -0.05) is 13.8 Å². The van der Waals surface area contributed by atoms with Crippen LogP contribution in [0, 0.1) is 0 Å². The van der Waals surface area contributed by atoms with E-state index in [9.17, 15) is 0 Å². The van der Waals surface area contributed by atoms with E-state index in [1.165, 1.54) is 4.88 Å². The molecule has 0 spiro atoms. The SMILES string of the molecule is CCCNc1ccnc(-c2ccc(CC)s2)n1. The van der Waals surface area contributed by atoms with Gasteiger partial charge in [0.2, 0.25) is 0 Å². The molecule has 90 valence electrons. The van der Waals surface area contributed by atoms with Crippen molar-refractivity contribution in [3.63, 3.8) is 0 Å². The Bertz CT molecular complexity index is 479. The monoisotopic (exact) mass is 247 g/mol. The van der Waals surface area contributed by atoms with Crippen LogP contribution in [0.4, 0.5) is 5.82 Å². The van der Waals surface area contributed by atoms with Crippen molar-refractivity contribution in [2.75, 3.05) is 11.9 Å². The van der Waals surface area contributed by atoms with Crippen molar-refractivity contribution in [1.29, 1.82) is 0 Å². The molecule has 3 nitrogen and oxygen atoms in total. The summed E-state index contributed by atoms with van der Waals surface area (Å²) >= 11 is 1.77. The van der Waals surface area contributed by atoms with E-state index in [1.807, 2.05) is 12.3 Å². The highest BCUT2D eigenvalue weighted by Gasteiger charge is 2.05. The highest BCUT2D eigenvalue weighted by Crippen LogP contribution is 2.26. The molecule has 0 atom stereocenters. The Morgan fingerprint density at radius 1 is 1.24 bits per heavy atom. The zero-order valence-corrected chi connectivity index (χ0v) is 11.0. The van der Waals surface area contributed by atoms with Crippen LogP contribution in [0.15, 0.2) is 24.4 Å². The Morgan fingerprint density at radius 2 is 2.12 bits per heavy atom. The van der Waals surface area contributed by atoms with Gasteiger partial charge in [0.15, 0.2) is 5.82 Å². The Hall–Kier alpha value is -1.42. The van der Waals surface area contributed by atoms with Gasteiger partial charge in [-0.05, 0) is 31.0 Å². The lowest BCUT2D eigenvalue weighted by atomic mass is 10.3. The Morgan fingerprint density at radius 3 is 2.82 bits per heavy atom. The predicted molar refractivity (Wildman–Crippen MR) is 73.5 cm³/mol. The lowest BCUT2D eigenvalue weighted by molar-refractivity contribution is 0.966. The van der Waals surface area contributed by atoms with Gasteiger partial charge in [0.1, 0.15) is 5.82 Å². The summed E-state index contributed by atoms with van der Waals surface area (Å²) in [6, 6.07) is 6.16. The van der Waals surface area contributed by atoms with Gasteiger partial charge in [0.25, 0.3) is 0 Å². The molecule has 0 saturated carbocycles. The second kappa shape index (κ2) is 5.77. The van der Waals surface area contributed by atoms with Crippen molar-refractivity contribution in [1.82, 2.24) is 9.97 Å². The van der Waals surface area contributed by atoms with Crippen molar-refractivity contribution >= 4 is 17.2 Å². The molecule has 0 aliphatic carbocycles. The molecule has 0 bridgehead atoms. The molecule has 0 fully saturated rings. The Balaban J connectivity index is 2.20. The second-order valence-electron chi connectivity index (χ2n) is 3.81. The van der Waals surface area contributed by atoms with Crippen molar-refractivity contribution in [3.8, 4) is 10.7 Å². The average Bonchev–Trinajstić information content (AvgIpc) is 2.85. The van der Waals surface area contributed by atoms with Gasteiger partial charge in [-0.25, -0.2) is 9.97 Å². The molecule has 0 saturated heterocycles. The maximum atomic E-state index is 4.52. The van der Waals surface area contributed by atoms with Crippen LogP contribution in [0.25, 0.3) is 10.7 Å². The number of anilines is 1. The smallest absolute Gasteiger partial charge is 0.171 e. The topological polar surface area (TPSA) is 37.8 Å². The van der Waals surface area contributed by atoms with Crippen LogP contribution in [0.1, 0.15) is 25.1 Å². The fraction of sp³-hybridized carbons (Fsp3) is 0.385. The first kappa shape index (κ1) is 12.0. The largest absolute Gasteiger partial charge is 0.370 e. The van der Waals surface area contributed by atoms with E-state index in [1.54, 1.807) is 11.3 Å². The third-order valence-corrected chi connectivity index (χ3v) is 3.67. The van der Waals surface area contributed by atoms with Gasteiger partial charge >= 0.3 is 0 Å². The molecule has 0 aromatic carbocycles. The number of thiophene rings is 1. The molecular weight excluding hydrogens is 230 g/mol. The van der Waals surface area contributed by atoms with Crippen LogP contribution in [0.3, 0.4) is 0 Å². The summed E-state index contributed by atoms with van der Waals surface area (Å²) in [5, 5.41) is 3.28. The summed E-state index contributed by atoms with van der Waals surface area (Å²) in [5.41, 5.74) is 0. The molecule has 2 aromatic heterocycles. The van der Waals surface area contributed by atoms with E-state index in [0.29, 0.717) is 0 Å². The zero-order chi connectivity index (χ0) is 12.1. The van der Waals surface area contributed by atoms with E-state index in [0.717, 1.165) is 35.9 Å². The van der Waals surface area contributed by atoms with Crippen LogP contribution in [-0.2, 0) is 6.42 Å². The fourth-order valence-corrected chi connectivity index (χ4v) is 2.41. The third-order valence-electron chi connectivity index (χ3n) is 2.44. The molecule has 0 aliphatic rings. The molecule has 2 rings (SSSR count). The summed E-state index contributed by atoms with van der Waals surface area (Å²) < 4.78 is 0. The fourth-order valence-electron chi connectivity index (χ4n) is 1.52. The summed E-state index contributed by atoms with van der Waals surface area (Å²) in [6.45, 7) is 5.25. The first-order valence-corrected chi connectivity index (χ1v) is 6.81. The highest BCUT2D eigenvalue weighted by atomic mass is 32.1. The quantitative estimate of drug-likeness (QED) is 0.877. The van der Waals surface area contributed by atoms with Crippen molar-refractivity contribution < 1.29 is 0 Å². The van der Waals surface area contributed by atoms with Crippen LogP contribution < -0.4 is 5.32 Å². The van der Waals surface area contributed by atoms with Gasteiger partial charge < -0.3 is 5.32 Å². The van der Waals surface area contributed by atoms with E-state index in [-0.39, 0.29) is 0 Å². The van der Waals surface area contributed by atoms with Crippen molar-refractivity contribution in [2.24, 2.45) is 0 Å². The summed E-state index contributed by atoms with van der Waals surface area (Å²) in [7, 11) is 0. The third kappa shape index (κ3) is 3.03. The molecule has 4 heteroatoms. The number of hydrogen-bond acceptors (Lipinski definition) is 4. The van der Waals surface area contributed by atoms with Crippen LogP contribution in [-0.4, -0.2) is 16.5 Å². The Kier molecular flexibility index (Phi) is 4.09. The zero-order valence-electron chi connectivity index (χ0n) is 10.2. The molecule has 0 amide bonds. The predicted octanol–water partition coefficient (Wildman–Crippen LogP) is 3.59. The van der Waals surface area contributed by atoms with E-state index in [4.69, 9.17) is 0 Å². The van der Waals surface area contributed by atoms with Gasteiger partial charge in [-0.2, -0.15) is 0 Å². The van der Waals surface area contributed by atoms with Crippen LogP contribution in [0.5, 0.6) is 0 Å². The first-order valence-electron chi connectivity index (χ1n) is 5.99. The van der Waals surface area contributed by atoms with Crippen molar-refractivity contribution in [2.45, 2.75) is 26.7 Å². The van der Waals surface area contributed by atoms with E-state index >= 15 is 0 Å². The number of aromatic nitrogens is 2.